The van der Waals surface area contributed by atoms with E-state index in [4.69, 9.17) is 14.0 Å². The maximum Gasteiger partial charge on any atom is 0.323 e. The number of amides is 5. The smallest absolute Gasteiger partial charge is 0.323 e. The topological polar surface area (TPSA) is 158 Å². The number of rotatable bonds is 8. The predicted molar refractivity (Wildman–Crippen MR) is 161 cm³/mol. The molecule has 4 rings (SSSR count). The molecule has 0 bridgehead atoms. The van der Waals surface area contributed by atoms with E-state index in [-0.39, 0.29) is 43.1 Å². The molecule has 2 aromatic carbocycles. The summed E-state index contributed by atoms with van der Waals surface area (Å²) in [5.41, 5.74) is 2.19. The first-order valence-electron chi connectivity index (χ1n) is 13.9. The fraction of sp³-hybridized carbons (Fsp3) is 0.400. The molecule has 0 unspecified atom stereocenters. The van der Waals surface area contributed by atoms with Crippen molar-refractivity contribution in [1.29, 1.82) is 0 Å². The fourth-order valence-corrected chi connectivity index (χ4v) is 4.70. The molecule has 13 heteroatoms. The molecule has 0 fully saturated rings. The maximum atomic E-state index is 13.7. The molecule has 0 saturated heterocycles. The number of hydrogen-bond acceptors (Lipinski definition) is 8. The Balaban J connectivity index is 1.54. The molecular weight excluding hydrogens is 556 g/mol. The molecule has 230 valence electrons. The molecule has 2 heterocycles. The van der Waals surface area contributed by atoms with Crippen molar-refractivity contribution in [3.63, 3.8) is 0 Å². The van der Waals surface area contributed by atoms with E-state index in [0.717, 1.165) is 0 Å². The minimum Gasteiger partial charge on any atom is -0.497 e. The van der Waals surface area contributed by atoms with Crippen LogP contribution in [0.4, 0.5) is 26.7 Å². The first-order valence-corrected chi connectivity index (χ1v) is 13.9. The minimum absolute atomic E-state index is 0.194. The highest BCUT2D eigenvalue weighted by atomic mass is 16.5. The van der Waals surface area contributed by atoms with Crippen LogP contribution >= 0.6 is 0 Å². The molecular formula is C30H38N6O7. The van der Waals surface area contributed by atoms with Gasteiger partial charge in [-0.05, 0) is 63.2 Å². The number of urea groups is 2. The molecule has 1 aliphatic heterocycles. The lowest BCUT2D eigenvalue weighted by Gasteiger charge is -2.38. The van der Waals surface area contributed by atoms with Crippen LogP contribution in [0.3, 0.4) is 0 Å². The Kier molecular flexibility index (Phi) is 9.76. The molecule has 13 nitrogen and oxygen atoms in total. The van der Waals surface area contributed by atoms with Gasteiger partial charge in [0.2, 0.25) is 0 Å². The average molecular weight is 595 g/mol. The Labute approximate surface area is 250 Å². The average Bonchev–Trinajstić information content (AvgIpc) is 3.31. The number of anilines is 3. The SMILES string of the molecule is COc1ccc(NC(=O)N(C)C[C@@H]2Oc3ccc(NC(=O)Nc4c(C)noc4C)cc3C(=O)N([C@@H](C)CO)C[C@@H]2C)cc1. The number of carbonyl (C=O) groups is 3. The number of nitrogens with one attached hydrogen (secondary N) is 3. The van der Waals surface area contributed by atoms with Crippen molar-refractivity contribution in [1.82, 2.24) is 15.0 Å². The summed E-state index contributed by atoms with van der Waals surface area (Å²) in [4.78, 5) is 42.5. The molecule has 4 N–H and O–H groups in total. The second-order valence-corrected chi connectivity index (χ2v) is 10.7. The zero-order valence-electron chi connectivity index (χ0n) is 25.1. The van der Waals surface area contributed by atoms with E-state index in [1.54, 1.807) is 76.2 Å². The predicted octanol–water partition coefficient (Wildman–Crippen LogP) is 4.33. The van der Waals surface area contributed by atoms with E-state index in [0.29, 0.717) is 40.0 Å². The Morgan fingerprint density at radius 3 is 2.47 bits per heavy atom. The number of benzene rings is 2. The summed E-state index contributed by atoms with van der Waals surface area (Å²) in [5, 5.41) is 22.1. The van der Waals surface area contributed by atoms with Gasteiger partial charge in [0, 0.05) is 30.9 Å². The maximum absolute atomic E-state index is 13.7. The van der Waals surface area contributed by atoms with Crippen molar-refractivity contribution in [2.45, 2.75) is 39.8 Å². The number of hydrogen-bond donors (Lipinski definition) is 4. The standard InChI is InChI=1S/C30H38N6O7/c1-17-14-36(18(2)16-37)28(38)24-13-22(31-29(39)33-27-19(3)34-43-20(27)4)9-12-25(24)42-26(17)15-35(5)30(40)32-21-7-10-23(41-6)11-8-21/h7-13,17-18,26,37H,14-16H2,1-6H3,(H,32,40)(H2,31,33,39)/t17-,18-,26-/m0/s1. The first-order chi connectivity index (χ1) is 20.5. The summed E-state index contributed by atoms with van der Waals surface area (Å²) in [6, 6.07) is 10.4. The largest absolute Gasteiger partial charge is 0.497 e. The third-order valence-corrected chi connectivity index (χ3v) is 7.34. The van der Waals surface area contributed by atoms with Crippen molar-refractivity contribution < 1.29 is 33.5 Å². The zero-order chi connectivity index (χ0) is 31.3. The van der Waals surface area contributed by atoms with Crippen molar-refractivity contribution in [2.75, 3.05) is 49.8 Å². The number of aliphatic hydroxyl groups excluding tert-OH is 1. The van der Waals surface area contributed by atoms with Crippen LogP contribution in [0, 0.1) is 19.8 Å². The molecule has 0 radical (unpaired) electrons. The van der Waals surface area contributed by atoms with E-state index in [9.17, 15) is 19.5 Å². The molecule has 3 atom stereocenters. The summed E-state index contributed by atoms with van der Waals surface area (Å²) in [6.45, 7) is 7.36. The molecule has 0 aliphatic carbocycles. The van der Waals surface area contributed by atoms with Crippen molar-refractivity contribution in [3.8, 4) is 11.5 Å². The van der Waals surface area contributed by atoms with Crippen LogP contribution in [0.15, 0.2) is 47.0 Å². The number of methoxy groups -OCH3 is 1. The lowest BCUT2D eigenvalue weighted by Crippen LogP contribution is -2.50. The van der Waals surface area contributed by atoms with E-state index < -0.39 is 18.2 Å². The van der Waals surface area contributed by atoms with E-state index in [1.807, 2.05) is 6.92 Å². The van der Waals surface area contributed by atoms with Crippen LogP contribution < -0.4 is 25.4 Å². The van der Waals surface area contributed by atoms with Crippen molar-refractivity contribution >= 4 is 35.0 Å². The van der Waals surface area contributed by atoms with E-state index >= 15 is 0 Å². The third-order valence-electron chi connectivity index (χ3n) is 7.34. The van der Waals surface area contributed by atoms with Gasteiger partial charge in [-0.1, -0.05) is 12.1 Å². The van der Waals surface area contributed by atoms with Crippen LogP contribution in [-0.2, 0) is 0 Å². The number of likely N-dealkylation sites (N-methyl/N-ethyl adjacent to an activating group) is 1. The van der Waals surface area contributed by atoms with Gasteiger partial charge < -0.3 is 44.9 Å². The van der Waals surface area contributed by atoms with Gasteiger partial charge in [0.1, 0.15) is 29.0 Å². The van der Waals surface area contributed by atoms with Gasteiger partial charge in [-0.15, -0.1) is 0 Å². The molecule has 43 heavy (non-hydrogen) atoms. The lowest BCUT2D eigenvalue weighted by atomic mass is 9.99. The lowest BCUT2D eigenvalue weighted by molar-refractivity contribution is 0.0371. The van der Waals surface area contributed by atoms with Gasteiger partial charge in [-0.25, -0.2) is 9.59 Å². The number of aliphatic hydroxyl groups is 1. The molecule has 1 aliphatic rings. The number of carbonyl (C=O) groups excluding carboxylic acids is 3. The Morgan fingerprint density at radius 2 is 1.84 bits per heavy atom. The van der Waals surface area contributed by atoms with Crippen LogP contribution in [0.2, 0.25) is 0 Å². The number of ether oxygens (including phenoxy) is 2. The highest BCUT2D eigenvalue weighted by molar-refractivity contribution is 6.03. The molecule has 5 amide bonds. The second-order valence-electron chi connectivity index (χ2n) is 10.7. The van der Waals surface area contributed by atoms with Crippen LogP contribution in [0.25, 0.3) is 0 Å². The summed E-state index contributed by atoms with van der Waals surface area (Å²) < 4.78 is 16.6. The van der Waals surface area contributed by atoms with Gasteiger partial charge in [-0.2, -0.15) is 0 Å². The summed E-state index contributed by atoms with van der Waals surface area (Å²) in [7, 11) is 3.24. The third kappa shape index (κ3) is 7.36. The number of nitrogens with zero attached hydrogens (tertiary/aromatic N) is 3. The monoisotopic (exact) mass is 594 g/mol. The number of aromatic nitrogens is 1. The van der Waals surface area contributed by atoms with Crippen molar-refractivity contribution in [3.05, 3.63) is 59.5 Å². The zero-order valence-corrected chi connectivity index (χ0v) is 25.1. The molecule has 0 saturated carbocycles. The molecule has 1 aromatic heterocycles. The minimum atomic E-state index is -0.537. The Morgan fingerprint density at radius 1 is 1.14 bits per heavy atom. The van der Waals surface area contributed by atoms with Gasteiger partial charge >= 0.3 is 12.1 Å². The van der Waals surface area contributed by atoms with Gasteiger partial charge in [-0.3, -0.25) is 4.79 Å². The van der Waals surface area contributed by atoms with Gasteiger partial charge in [0.25, 0.3) is 5.91 Å². The van der Waals surface area contributed by atoms with Crippen molar-refractivity contribution in [2.24, 2.45) is 5.92 Å². The Hall–Kier alpha value is -4.78. The summed E-state index contributed by atoms with van der Waals surface area (Å²) in [5.74, 6) is 0.906. The summed E-state index contributed by atoms with van der Waals surface area (Å²) in [6.07, 6.45) is -0.492. The molecule has 3 aromatic rings. The normalized spacial score (nSPS) is 17.1. The highest BCUT2D eigenvalue weighted by Gasteiger charge is 2.34. The van der Waals surface area contributed by atoms with E-state index in [1.165, 1.54) is 11.0 Å². The van der Waals surface area contributed by atoms with Crippen LogP contribution in [0.5, 0.6) is 11.5 Å². The van der Waals surface area contributed by atoms with Crippen LogP contribution in [-0.4, -0.2) is 84.0 Å². The van der Waals surface area contributed by atoms with Crippen LogP contribution in [0.1, 0.15) is 35.7 Å². The molecule has 0 spiro atoms. The fourth-order valence-electron chi connectivity index (χ4n) is 4.70. The second kappa shape index (κ2) is 13.5. The first kappa shape index (κ1) is 31.2. The Bertz CT molecular complexity index is 1440. The highest BCUT2D eigenvalue weighted by Crippen LogP contribution is 2.31. The van der Waals surface area contributed by atoms with Gasteiger partial charge in [0.15, 0.2) is 5.76 Å². The van der Waals surface area contributed by atoms with E-state index in [2.05, 4.69) is 21.1 Å². The van der Waals surface area contributed by atoms with Gasteiger partial charge in [0.05, 0.1) is 31.9 Å². The number of aryl methyl sites for hydroxylation is 2. The summed E-state index contributed by atoms with van der Waals surface area (Å²) >= 11 is 0. The number of fused-ring (bicyclic) bond motifs is 1. The quantitative estimate of drug-likeness (QED) is 0.300.